The van der Waals surface area contributed by atoms with Gasteiger partial charge in [-0.3, -0.25) is 14.2 Å². The molecule has 2 heterocycles. The molecule has 3 aromatic rings. The molecule has 0 N–H and O–H groups in total. The van der Waals surface area contributed by atoms with Gasteiger partial charge >= 0.3 is 0 Å². The summed E-state index contributed by atoms with van der Waals surface area (Å²) in [7, 11) is 0. The molecular weight excluding hydrogens is 359 g/mol. The quantitative estimate of drug-likeness (QED) is 0.699. The Hall–Kier alpha value is -3.22. The number of hydrogen-bond acceptors (Lipinski definition) is 4. The molecule has 1 saturated heterocycles. The van der Waals surface area contributed by atoms with E-state index in [1.54, 1.807) is 36.1 Å². The van der Waals surface area contributed by atoms with Crippen molar-refractivity contribution in [3.05, 3.63) is 70.5 Å². The lowest BCUT2D eigenvalue weighted by Gasteiger charge is -2.36. The van der Waals surface area contributed by atoms with Crippen molar-refractivity contribution in [2.24, 2.45) is 0 Å². The Balaban J connectivity index is 1.47. The number of anilines is 1. The minimum atomic E-state index is -0.269. The number of hydrogen-bond donors (Lipinski definition) is 0. The average molecular weight is 380 g/mol. The normalized spacial score (nSPS) is 14.5. The molecule has 28 heavy (non-hydrogen) atoms. The van der Waals surface area contributed by atoms with E-state index in [-0.39, 0.29) is 23.8 Å². The number of para-hydroxylation sites is 1. The van der Waals surface area contributed by atoms with Crippen molar-refractivity contribution in [3.8, 4) is 0 Å². The van der Waals surface area contributed by atoms with E-state index in [0.717, 1.165) is 5.69 Å². The van der Waals surface area contributed by atoms with Gasteiger partial charge in [0.05, 0.1) is 10.9 Å². The lowest BCUT2D eigenvalue weighted by Crippen LogP contribution is -2.50. The van der Waals surface area contributed by atoms with E-state index < -0.39 is 0 Å². The van der Waals surface area contributed by atoms with E-state index in [1.807, 2.05) is 12.1 Å². The van der Waals surface area contributed by atoms with Crippen LogP contribution < -0.4 is 10.5 Å². The van der Waals surface area contributed by atoms with E-state index in [1.165, 1.54) is 16.7 Å². The zero-order valence-electron chi connectivity index (χ0n) is 15.6. The first kappa shape index (κ1) is 18.2. The van der Waals surface area contributed by atoms with E-state index in [0.29, 0.717) is 42.9 Å². The minimum Gasteiger partial charge on any atom is -0.368 e. The van der Waals surface area contributed by atoms with Gasteiger partial charge in [0.1, 0.15) is 18.2 Å². The minimum absolute atomic E-state index is 0.0253. The Labute approximate surface area is 161 Å². The first-order valence-electron chi connectivity index (χ1n) is 9.27. The molecule has 6 nitrogen and oxygen atoms in total. The average Bonchev–Trinajstić information content (AvgIpc) is 2.71. The largest absolute Gasteiger partial charge is 0.368 e. The third-order valence-corrected chi connectivity index (χ3v) is 5.15. The highest BCUT2D eigenvalue weighted by Crippen LogP contribution is 2.17. The van der Waals surface area contributed by atoms with Gasteiger partial charge in [-0.2, -0.15) is 0 Å². The second-order valence-corrected chi connectivity index (χ2v) is 6.92. The summed E-state index contributed by atoms with van der Waals surface area (Å²) in [6.07, 6.45) is 0. The molecule has 144 valence electrons. The molecule has 7 heteroatoms. The summed E-state index contributed by atoms with van der Waals surface area (Å²) in [5.41, 5.74) is 1.25. The maximum absolute atomic E-state index is 13.4. The molecular formula is C21H21FN4O2. The maximum atomic E-state index is 13.4. The second kappa shape index (κ2) is 7.42. The van der Waals surface area contributed by atoms with E-state index >= 15 is 0 Å². The van der Waals surface area contributed by atoms with E-state index in [2.05, 4.69) is 9.88 Å². The van der Waals surface area contributed by atoms with Crippen LogP contribution in [0.5, 0.6) is 0 Å². The van der Waals surface area contributed by atoms with Crippen molar-refractivity contribution in [3.63, 3.8) is 0 Å². The summed E-state index contributed by atoms with van der Waals surface area (Å²) < 4.78 is 14.9. The van der Waals surface area contributed by atoms with Crippen LogP contribution in [-0.2, 0) is 11.3 Å². The smallest absolute Gasteiger partial charge is 0.261 e. The summed E-state index contributed by atoms with van der Waals surface area (Å²) in [5.74, 6) is 0.145. The van der Waals surface area contributed by atoms with Crippen LogP contribution in [0.15, 0.2) is 53.3 Å². The topological polar surface area (TPSA) is 58.4 Å². The number of rotatable bonds is 3. The Kier molecular flexibility index (Phi) is 4.81. The van der Waals surface area contributed by atoms with Crippen LogP contribution in [0.3, 0.4) is 0 Å². The summed E-state index contributed by atoms with van der Waals surface area (Å²) in [5, 5.41) is 0.511. The maximum Gasteiger partial charge on any atom is 0.261 e. The fourth-order valence-electron chi connectivity index (χ4n) is 3.59. The number of carbonyl (C=O) groups excluding carboxylic acids is 1. The Morgan fingerprint density at radius 2 is 1.82 bits per heavy atom. The van der Waals surface area contributed by atoms with Gasteiger partial charge in [0.2, 0.25) is 5.91 Å². The number of amides is 1. The standard InChI is InChI=1S/C21H21FN4O2/c1-15-23-19-8-3-2-7-18(19)21(28)26(15)14-20(27)25-11-9-24(10-12-25)17-6-4-5-16(22)13-17/h2-8,13H,9-12,14H2,1H3. The lowest BCUT2D eigenvalue weighted by atomic mass is 10.2. The van der Waals surface area contributed by atoms with Crippen molar-refractivity contribution in [1.82, 2.24) is 14.5 Å². The number of benzene rings is 2. The van der Waals surface area contributed by atoms with Gasteiger partial charge in [-0.25, -0.2) is 9.37 Å². The second-order valence-electron chi connectivity index (χ2n) is 6.92. The van der Waals surface area contributed by atoms with Crippen LogP contribution in [0, 0.1) is 12.7 Å². The highest BCUT2D eigenvalue weighted by molar-refractivity contribution is 5.79. The van der Waals surface area contributed by atoms with Gasteiger partial charge in [0.15, 0.2) is 0 Å². The zero-order valence-corrected chi connectivity index (χ0v) is 15.6. The number of nitrogens with zero attached hydrogens (tertiary/aromatic N) is 4. The fourth-order valence-corrected chi connectivity index (χ4v) is 3.59. The third-order valence-electron chi connectivity index (χ3n) is 5.15. The molecule has 1 fully saturated rings. The highest BCUT2D eigenvalue weighted by Gasteiger charge is 2.22. The molecule has 1 aliphatic heterocycles. The van der Waals surface area contributed by atoms with Crippen LogP contribution in [0.4, 0.5) is 10.1 Å². The number of piperazine rings is 1. The van der Waals surface area contributed by atoms with Crippen molar-refractivity contribution in [2.75, 3.05) is 31.1 Å². The van der Waals surface area contributed by atoms with Crippen molar-refractivity contribution >= 4 is 22.5 Å². The van der Waals surface area contributed by atoms with Gasteiger partial charge in [0, 0.05) is 31.9 Å². The molecule has 1 aliphatic rings. The molecule has 0 unspecified atom stereocenters. The molecule has 0 atom stereocenters. The third kappa shape index (κ3) is 3.47. The van der Waals surface area contributed by atoms with Crippen LogP contribution in [0.1, 0.15) is 5.82 Å². The first-order valence-corrected chi connectivity index (χ1v) is 9.27. The zero-order chi connectivity index (χ0) is 19.7. The van der Waals surface area contributed by atoms with Crippen LogP contribution in [0.25, 0.3) is 10.9 Å². The van der Waals surface area contributed by atoms with Crippen LogP contribution in [0.2, 0.25) is 0 Å². The number of halogens is 1. The Morgan fingerprint density at radius 3 is 2.57 bits per heavy atom. The van der Waals surface area contributed by atoms with Crippen LogP contribution >= 0.6 is 0 Å². The molecule has 0 radical (unpaired) electrons. The van der Waals surface area contributed by atoms with Crippen molar-refractivity contribution in [1.29, 1.82) is 0 Å². The summed E-state index contributed by atoms with van der Waals surface area (Å²) in [4.78, 5) is 33.8. The predicted octanol–water partition coefficient (Wildman–Crippen LogP) is 2.19. The van der Waals surface area contributed by atoms with E-state index in [9.17, 15) is 14.0 Å². The van der Waals surface area contributed by atoms with Gasteiger partial charge in [-0.1, -0.05) is 18.2 Å². The first-order chi connectivity index (χ1) is 13.5. The number of carbonyl (C=O) groups is 1. The number of aromatic nitrogens is 2. The fraction of sp³-hybridized carbons (Fsp3) is 0.286. The van der Waals surface area contributed by atoms with Gasteiger partial charge in [-0.15, -0.1) is 0 Å². The number of fused-ring (bicyclic) bond motifs is 1. The van der Waals surface area contributed by atoms with Crippen molar-refractivity contribution < 1.29 is 9.18 Å². The Bertz CT molecular complexity index is 1090. The Morgan fingerprint density at radius 1 is 1.07 bits per heavy atom. The van der Waals surface area contributed by atoms with Gasteiger partial charge in [-0.05, 0) is 37.3 Å². The molecule has 0 spiro atoms. The van der Waals surface area contributed by atoms with Crippen molar-refractivity contribution in [2.45, 2.75) is 13.5 Å². The summed E-state index contributed by atoms with van der Waals surface area (Å²) in [6, 6.07) is 13.6. The van der Waals surface area contributed by atoms with Crippen LogP contribution in [-0.4, -0.2) is 46.5 Å². The van der Waals surface area contributed by atoms with E-state index in [4.69, 9.17) is 0 Å². The van der Waals surface area contributed by atoms with Gasteiger partial charge in [0.25, 0.3) is 5.56 Å². The monoisotopic (exact) mass is 380 g/mol. The molecule has 2 aromatic carbocycles. The lowest BCUT2D eigenvalue weighted by molar-refractivity contribution is -0.132. The predicted molar refractivity (Wildman–Crippen MR) is 106 cm³/mol. The molecule has 1 amide bonds. The molecule has 0 bridgehead atoms. The molecule has 0 saturated carbocycles. The summed E-state index contributed by atoms with van der Waals surface area (Å²) >= 11 is 0. The SMILES string of the molecule is Cc1nc2ccccc2c(=O)n1CC(=O)N1CCN(c2cccc(F)c2)CC1. The number of aryl methyl sites for hydroxylation is 1. The van der Waals surface area contributed by atoms with Gasteiger partial charge < -0.3 is 9.80 Å². The molecule has 1 aromatic heterocycles. The molecule has 0 aliphatic carbocycles. The highest BCUT2D eigenvalue weighted by atomic mass is 19.1. The summed E-state index contributed by atoms with van der Waals surface area (Å²) in [6.45, 7) is 4.03. The molecule has 4 rings (SSSR count).